The van der Waals surface area contributed by atoms with Crippen LogP contribution >= 0.6 is 0 Å². The molecule has 1 heterocycles. The van der Waals surface area contributed by atoms with E-state index < -0.39 is 5.60 Å². The van der Waals surface area contributed by atoms with Gasteiger partial charge in [-0.3, -0.25) is 5.10 Å². The zero-order valence-corrected chi connectivity index (χ0v) is 14.5. The van der Waals surface area contributed by atoms with Gasteiger partial charge in [-0.1, -0.05) is 6.92 Å². The van der Waals surface area contributed by atoms with Crippen molar-refractivity contribution in [2.75, 3.05) is 0 Å². The van der Waals surface area contributed by atoms with Crippen LogP contribution in [0.4, 0.5) is 0 Å². The van der Waals surface area contributed by atoms with E-state index in [0.29, 0.717) is 11.3 Å². The van der Waals surface area contributed by atoms with Crippen molar-refractivity contribution in [2.24, 2.45) is 35.0 Å². The fourth-order valence-electron chi connectivity index (χ4n) is 7.40. The molecule has 3 saturated carbocycles. The lowest BCUT2D eigenvalue weighted by molar-refractivity contribution is -0.0949. The molecule has 0 saturated heterocycles. The highest BCUT2D eigenvalue weighted by Gasteiger charge is 2.58. The molecular formula is C20H30N2O. The lowest BCUT2D eigenvalue weighted by Gasteiger charge is -2.58. The monoisotopic (exact) mass is 314 g/mol. The molecule has 0 aliphatic heterocycles. The quantitative estimate of drug-likeness (QED) is 0.766. The maximum atomic E-state index is 10.8. The third kappa shape index (κ3) is 1.89. The van der Waals surface area contributed by atoms with Gasteiger partial charge in [0.2, 0.25) is 0 Å². The highest BCUT2D eigenvalue weighted by atomic mass is 16.3. The van der Waals surface area contributed by atoms with E-state index in [9.17, 15) is 5.11 Å². The summed E-state index contributed by atoms with van der Waals surface area (Å²) in [5.74, 6) is 3.89. The zero-order chi connectivity index (χ0) is 15.8. The molecule has 126 valence electrons. The van der Waals surface area contributed by atoms with Crippen molar-refractivity contribution in [3.63, 3.8) is 0 Å². The van der Waals surface area contributed by atoms with E-state index in [-0.39, 0.29) is 0 Å². The predicted octanol–water partition coefficient (Wildman–Crippen LogP) is 3.73. The molecule has 5 unspecified atom stereocenters. The van der Waals surface area contributed by atoms with Crippen LogP contribution in [0.3, 0.4) is 0 Å². The van der Waals surface area contributed by atoms with Crippen molar-refractivity contribution >= 4 is 0 Å². The Labute approximate surface area is 139 Å². The number of hydrogen-bond donors (Lipinski definition) is 2. The minimum Gasteiger partial charge on any atom is -0.390 e. The van der Waals surface area contributed by atoms with Gasteiger partial charge in [0.15, 0.2) is 0 Å². The molecule has 0 aromatic carbocycles. The predicted molar refractivity (Wildman–Crippen MR) is 89.9 cm³/mol. The SMILES string of the molecule is C[C@]12Cc3c[nH]nc3CC1CCC1C3CC[C@](C)(O)C3CCC12. The van der Waals surface area contributed by atoms with Crippen LogP contribution < -0.4 is 0 Å². The lowest BCUT2D eigenvalue weighted by atomic mass is 9.47. The summed E-state index contributed by atoms with van der Waals surface area (Å²) in [6.45, 7) is 4.68. The van der Waals surface area contributed by atoms with Crippen LogP contribution in [-0.2, 0) is 12.8 Å². The van der Waals surface area contributed by atoms with E-state index in [1.165, 1.54) is 56.2 Å². The molecule has 0 bridgehead atoms. The van der Waals surface area contributed by atoms with Gasteiger partial charge in [0.1, 0.15) is 0 Å². The fourth-order valence-corrected chi connectivity index (χ4v) is 7.40. The van der Waals surface area contributed by atoms with Gasteiger partial charge in [-0.15, -0.1) is 0 Å². The van der Waals surface area contributed by atoms with Crippen molar-refractivity contribution in [3.8, 4) is 0 Å². The largest absolute Gasteiger partial charge is 0.390 e. The first-order valence-electron chi connectivity index (χ1n) is 9.73. The second-order valence-electron chi connectivity index (χ2n) is 9.53. The fraction of sp³-hybridized carbons (Fsp3) is 0.850. The number of hydrogen-bond acceptors (Lipinski definition) is 2. The molecule has 3 heteroatoms. The molecule has 0 amide bonds. The Balaban J connectivity index is 1.48. The number of H-pyrrole nitrogens is 1. The van der Waals surface area contributed by atoms with Gasteiger partial charge in [-0.2, -0.15) is 5.10 Å². The van der Waals surface area contributed by atoms with Crippen LogP contribution in [0.15, 0.2) is 6.20 Å². The van der Waals surface area contributed by atoms with Gasteiger partial charge in [-0.05, 0) is 98.9 Å². The van der Waals surface area contributed by atoms with E-state index in [2.05, 4.69) is 30.2 Å². The summed E-state index contributed by atoms with van der Waals surface area (Å²) in [4.78, 5) is 0. The summed E-state index contributed by atoms with van der Waals surface area (Å²) in [6, 6.07) is 0. The summed E-state index contributed by atoms with van der Waals surface area (Å²) >= 11 is 0. The Morgan fingerprint density at radius 3 is 2.74 bits per heavy atom. The van der Waals surface area contributed by atoms with E-state index in [4.69, 9.17) is 0 Å². The summed E-state index contributed by atoms with van der Waals surface area (Å²) in [5.41, 5.74) is 2.88. The second kappa shape index (κ2) is 4.62. The molecule has 1 aromatic rings. The normalized spacial score (nSPS) is 51.5. The number of nitrogens with one attached hydrogen (secondary N) is 1. The molecule has 4 aliphatic rings. The first-order valence-corrected chi connectivity index (χ1v) is 9.73. The minimum atomic E-state index is -0.391. The molecule has 0 radical (unpaired) electrons. The third-order valence-electron chi connectivity index (χ3n) is 8.60. The van der Waals surface area contributed by atoms with Crippen molar-refractivity contribution < 1.29 is 5.11 Å². The molecule has 0 spiro atoms. The lowest BCUT2D eigenvalue weighted by Crippen LogP contribution is -2.53. The second-order valence-corrected chi connectivity index (χ2v) is 9.53. The number of aromatic amines is 1. The molecule has 3 nitrogen and oxygen atoms in total. The standard InChI is InChI=1S/C20H30N2O/c1-19-10-12-11-21-22-18(12)9-13(19)3-4-14-15-7-8-20(2,23)17(15)6-5-16(14)19/h11,13-17,23H,3-10H2,1-2H3,(H,21,22)/t13?,14?,15?,16?,17?,19-,20-/m0/s1. The van der Waals surface area contributed by atoms with Gasteiger partial charge in [0.05, 0.1) is 11.3 Å². The van der Waals surface area contributed by atoms with Crippen LogP contribution in [0.25, 0.3) is 0 Å². The maximum absolute atomic E-state index is 10.8. The Morgan fingerprint density at radius 2 is 1.87 bits per heavy atom. The maximum Gasteiger partial charge on any atom is 0.0657 e. The molecule has 3 fully saturated rings. The number of fused-ring (bicyclic) bond motifs is 6. The van der Waals surface area contributed by atoms with Gasteiger partial charge in [-0.25, -0.2) is 0 Å². The molecule has 1 aromatic heterocycles. The average molecular weight is 314 g/mol. The summed E-state index contributed by atoms with van der Waals surface area (Å²) < 4.78 is 0. The first kappa shape index (κ1) is 14.5. The van der Waals surface area contributed by atoms with Crippen LogP contribution in [0.5, 0.6) is 0 Å². The molecule has 5 rings (SSSR count). The molecule has 2 N–H and O–H groups in total. The smallest absolute Gasteiger partial charge is 0.0657 e. The van der Waals surface area contributed by atoms with E-state index in [0.717, 1.165) is 30.1 Å². The third-order valence-corrected chi connectivity index (χ3v) is 8.60. The van der Waals surface area contributed by atoms with Gasteiger partial charge >= 0.3 is 0 Å². The van der Waals surface area contributed by atoms with Gasteiger partial charge in [0.25, 0.3) is 0 Å². The van der Waals surface area contributed by atoms with E-state index in [1.807, 2.05) is 0 Å². The average Bonchev–Trinajstić information content (AvgIpc) is 3.08. The molecule has 23 heavy (non-hydrogen) atoms. The molecular weight excluding hydrogens is 284 g/mol. The van der Waals surface area contributed by atoms with Crippen LogP contribution in [0, 0.1) is 35.0 Å². The number of nitrogens with zero attached hydrogens (tertiary/aromatic N) is 1. The van der Waals surface area contributed by atoms with Crippen molar-refractivity contribution in [1.29, 1.82) is 0 Å². The first-order chi connectivity index (χ1) is 11.0. The Bertz CT molecular complexity index is 621. The minimum absolute atomic E-state index is 0.391. The van der Waals surface area contributed by atoms with Crippen molar-refractivity contribution in [3.05, 3.63) is 17.5 Å². The zero-order valence-electron chi connectivity index (χ0n) is 14.5. The summed E-state index contributed by atoms with van der Waals surface area (Å²) in [7, 11) is 0. The van der Waals surface area contributed by atoms with Crippen molar-refractivity contribution in [2.45, 2.75) is 70.8 Å². The van der Waals surface area contributed by atoms with E-state index in [1.54, 1.807) is 0 Å². The number of aliphatic hydroxyl groups is 1. The number of aromatic nitrogens is 2. The number of rotatable bonds is 0. The molecule has 7 atom stereocenters. The summed E-state index contributed by atoms with van der Waals surface area (Å²) in [6.07, 6.45) is 12.2. The highest BCUT2D eigenvalue weighted by molar-refractivity contribution is 5.25. The Morgan fingerprint density at radius 1 is 1.09 bits per heavy atom. The van der Waals surface area contributed by atoms with Crippen LogP contribution in [0.2, 0.25) is 0 Å². The van der Waals surface area contributed by atoms with Crippen LogP contribution in [0.1, 0.15) is 63.6 Å². The van der Waals surface area contributed by atoms with E-state index >= 15 is 0 Å². The summed E-state index contributed by atoms with van der Waals surface area (Å²) in [5, 5.41) is 18.4. The van der Waals surface area contributed by atoms with Gasteiger partial charge < -0.3 is 5.11 Å². The molecule has 4 aliphatic carbocycles. The highest BCUT2D eigenvalue weighted by Crippen LogP contribution is 2.63. The van der Waals surface area contributed by atoms with Crippen LogP contribution in [-0.4, -0.2) is 20.9 Å². The van der Waals surface area contributed by atoms with Gasteiger partial charge in [0, 0.05) is 6.20 Å². The van der Waals surface area contributed by atoms with Crippen molar-refractivity contribution in [1.82, 2.24) is 10.2 Å². The topological polar surface area (TPSA) is 48.9 Å². The Kier molecular flexibility index (Phi) is 2.92. The Hall–Kier alpha value is -0.830.